The summed E-state index contributed by atoms with van der Waals surface area (Å²) in [7, 11) is 0. The Kier molecular flexibility index (Phi) is 5.47. The van der Waals surface area contributed by atoms with E-state index in [2.05, 4.69) is 37.8 Å². The zero-order chi connectivity index (χ0) is 12.7. The third-order valence-corrected chi connectivity index (χ3v) is 2.62. The van der Waals surface area contributed by atoms with Crippen LogP contribution in [0.15, 0.2) is 30.8 Å². The highest BCUT2D eigenvalue weighted by Crippen LogP contribution is 2.19. The van der Waals surface area contributed by atoms with Gasteiger partial charge in [0.25, 0.3) is 0 Å². The molecule has 2 heteroatoms. The van der Waals surface area contributed by atoms with Crippen molar-refractivity contribution in [3.05, 3.63) is 42.0 Å². The molecule has 0 saturated carbocycles. The van der Waals surface area contributed by atoms with Gasteiger partial charge in [0.1, 0.15) is 0 Å². The Balaban J connectivity index is 2.35. The highest BCUT2D eigenvalue weighted by atomic mass is 16.5. The lowest BCUT2D eigenvalue weighted by Gasteiger charge is -2.06. The number of aryl methyl sites for hydroxylation is 1. The molecule has 0 aromatic heterocycles. The van der Waals surface area contributed by atoms with Crippen molar-refractivity contribution in [3.63, 3.8) is 0 Å². The number of carbonyl (C=O) groups is 1. The molecule has 1 rings (SSSR count). The van der Waals surface area contributed by atoms with Gasteiger partial charge in [-0.1, -0.05) is 36.4 Å². The monoisotopic (exact) mass is 232 g/mol. The summed E-state index contributed by atoms with van der Waals surface area (Å²) in [6.07, 6.45) is 2.10. The van der Waals surface area contributed by atoms with Gasteiger partial charge in [-0.25, -0.2) is 0 Å². The van der Waals surface area contributed by atoms with Crippen molar-refractivity contribution in [1.82, 2.24) is 0 Å². The van der Waals surface area contributed by atoms with E-state index < -0.39 is 0 Å². The first-order chi connectivity index (χ1) is 8.13. The van der Waals surface area contributed by atoms with Gasteiger partial charge in [-0.3, -0.25) is 4.79 Å². The Labute approximate surface area is 103 Å². The highest BCUT2D eigenvalue weighted by molar-refractivity contribution is 5.70. The van der Waals surface area contributed by atoms with Crippen LogP contribution in [0.4, 0.5) is 0 Å². The Morgan fingerprint density at radius 1 is 1.24 bits per heavy atom. The fraction of sp³-hybridized carbons (Fsp3) is 0.400. The molecule has 0 spiro atoms. The molecule has 0 amide bonds. The molecule has 0 saturated heterocycles. The van der Waals surface area contributed by atoms with Crippen molar-refractivity contribution in [3.8, 4) is 0 Å². The molecule has 0 unspecified atom stereocenters. The number of allylic oxidation sites excluding steroid dienone is 1. The normalized spacial score (nSPS) is 10.0. The zero-order valence-corrected chi connectivity index (χ0v) is 10.7. The van der Waals surface area contributed by atoms with Crippen LogP contribution in [0.3, 0.4) is 0 Å². The maximum Gasteiger partial charge on any atom is 0.305 e. The number of carbonyl (C=O) groups excluding carboxylic acids is 1. The number of rotatable bonds is 6. The van der Waals surface area contributed by atoms with Gasteiger partial charge in [-0.2, -0.15) is 0 Å². The van der Waals surface area contributed by atoms with E-state index in [9.17, 15) is 4.79 Å². The zero-order valence-electron chi connectivity index (χ0n) is 10.7. The fourth-order valence-electron chi connectivity index (χ4n) is 1.61. The Bertz CT molecular complexity index is 376. The fourth-order valence-corrected chi connectivity index (χ4v) is 1.61. The molecule has 0 N–H and O–H groups in total. The van der Waals surface area contributed by atoms with Crippen LogP contribution in [-0.4, -0.2) is 12.6 Å². The van der Waals surface area contributed by atoms with E-state index in [-0.39, 0.29) is 5.97 Å². The maximum absolute atomic E-state index is 11.2. The maximum atomic E-state index is 11.2. The molecule has 0 heterocycles. The lowest BCUT2D eigenvalue weighted by Crippen LogP contribution is -2.03. The summed E-state index contributed by atoms with van der Waals surface area (Å²) in [4.78, 5) is 11.2. The molecule has 0 atom stereocenters. The highest BCUT2D eigenvalue weighted by Gasteiger charge is 2.03. The van der Waals surface area contributed by atoms with Crippen molar-refractivity contribution in [2.45, 2.75) is 33.1 Å². The molecule has 0 radical (unpaired) electrons. The molecule has 92 valence electrons. The minimum atomic E-state index is -0.121. The largest absolute Gasteiger partial charge is 0.466 e. The first kappa shape index (κ1) is 13.5. The molecule has 2 nitrogen and oxygen atoms in total. The van der Waals surface area contributed by atoms with E-state index in [4.69, 9.17) is 4.74 Å². The van der Waals surface area contributed by atoms with Crippen LogP contribution in [-0.2, 0) is 9.53 Å². The van der Waals surface area contributed by atoms with Crippen LogP contribution in [0.25, 0.3) is 5.57 Å². The van der Waals surface area contributed by atoms with E-state index >= 15 is 0 Å². The Morgan fingerprint density at radius 2 is 1.88 bits per heavy atom. The molecular weight excluding hydrogens is 212 g/mol. The SMILES string of the molecule is C=C(CCCC(=O)OCC)c1ccc(C)cc1. The van der Waals surface area contributed by atoms with Gasteiger partial charge in [0.2, 0.25) is 0 Å². The van der Waals surface area contributed by atoms with E-state index in [1.165, 1.54) is 5.56 Å². The smallest absolute Gasteiger partial charge is 0.305 e. The topological polar surface area (TPSA) is 26.3 Å². The summed E-state index contributed by atoms with van der Waals surface area (Å²) in [5, 5.41) is 0. The molecule has 1 aromatic rings. The first-order valence-electron chi connectivity index (χ1n) is 6.04. The molecular formula is C15H20O2. The summed E-state index contributed by atoms with van der Waals surface area (Å²) >= 11 is 0. The average Bonchev–Trinajstić information content (AvgIpc) is 2.30. The van der Waals surface area contributed by atoms with Gasteiger partial charge in [0.05, 0.1) is 6.61 Å². The number of benzene rings is 1. The van der Waals surface area contributed by atoms with Gasteiger partial charge in [-0.05, 0) is 37.8 Å². The van der Waals surface area contributed by atoms with Crippen LogP contribution < -0.4 is 0 Å². The van der Waals surface area contributed by atoms with Crippen molar-refractivity contribution < 1.29 is 9.53 Å². The predicted molar refractivity (Wildman–Crippen MR) is 70.7 cm³/mol. The molecule has 1 aromatic carbocycles. The molecule has 0 bridgehead atoms. The molecule has 0 aliphatic carbocycles. The standard InChI is InChI=1S/C15H20O2/c1-4-17-15(16)7-5-6-13(3)14-10-8-12(2)9-11-14/h8-11H,3-7H2,1-2H3. The van der Waals surface area contributed by atoms with Crippen molar-refractivity contribution in [2.24, 2.45) is 0 Å². The average molecular weight is 232 g/mol. The Hall–Kier alpha value is -1.57. The first-order valence-corrected chi connectivity index (χ1v) is 6.04. The quantitative estimate of drug-likeness (QED) is 0.698. The second-order valence-electron chi connectivity index (χ2n) is 4.13. The van der Waals surface area contributed by atoms with Crippen LogP contribution in [0, 0.1) is 6.92 Å². The summed E-state index contributed by atoms with van der Waals surface area (Å²) in [6.45, 7) is 8.39. The minimum absolute atomic E-state index is 0.121. The van der Waals surface area contributed by atoms with Gasteiger partial charge in [-0.15, -0.1) is 0 Å². The van der Waals surface area contributed by atoms with E-state index in [0.717, 1.165) is 24.0 Å². The van der Waals surface area contributed by atoms with Crippen LogP contribution in [0.5, 0.6) is 0 Å². The predicted octanol–water partition coefficient (Wildman–Crippen LogP) is 3.74. The van der Waals surface area contributed by atoms with Crippen molar-refractivity contribution in [2.75, 3.05) is 6.61 Å². The summed E-state index contributed by atoms with van der Waals surface area (Å²) in [6, 6.07) is 8.29. The number of hydrogen-bond acceptors (Lipinski definition) is 2. The summed E-state index contributed by atoms with van der Waals surface area (Å²) < 4.78 is 4.88. The molecule has 17 heavy (non-hydrogen) atoms. The summed E-state index contributed by atoms with van der Waals surface area (Å²) in [5.41, 5.74) is 3.47. The third kappa shape index (κ3) is 4.85. The summed E-state index contributed by atoms with van der Waals surface area (Å²) in [5.74, 6) is -0.121. The third-order valence-electron chi connectivity index (χ3n) is 2.62. The molecule has 0 aliphatic rings. The Morgan fingerprint density at radius 3 is 2.47 bits per heavy atom. The second-order valence-corrected chi connectivity index (χ2v) is 4.13. The van der Waals surface area contributed by atoms with Gasteiger partial charge in [0.15, 0.2) is 0 Å². The molecule has 0 aliphatic heterocycles. The van der Waals surface area contributed by atoms with Gasteiger partial charge >= 0.3 is 5.97 Å². The van der Waals surface area contributed by atoms with Gasteiger partial charge < -0.3 is 4.74 Å². The lowest BCUT2D eigenvalue weighted by molar-refractivity contribution is -0.143. The van der Waals surface area contributed by atoms with Crippen LogP contribution >= 0.6 is 0 Å². The number of esters is 1. The van der Waals surface area contributed by atoms with Crippen LogP contribution in [0.1, 0.15) is 37.3 Å². The number of ether oxygens (including phenoxy) is 1. The lowest BCUT2D eigenvalue weighted by atomic mass is 10.0. The van der Waals surface area contributed by atoms with Crippen molar-refractivity contribution >= 4 is 11.5 Å². The van der Waals surface area contributed by atoms with Crippen LogP contribution in [0.2, 0.25) is 0 Å². The van der Waals surface area contributed by atoms with E-state index in [1.807, 2.05) is 6.92 Å². The van der Waals surface area contributed by atoms with Crippen molar-refractivity contribution in [1.29, 1.82) is 0 Å². The molecule has 0 fully saturated rings. The number of hydrogen-bond donors (Lipinski definition) is 0. The second kappa shape index (κ2) is 6.89. The van der Waals surface area contributed by atoms with E-state index in [1.54, 1.807) is 0 Å². The van der Waals surface area contributed by atoms with E-state index in [0.29, 0.717) is 13.0 Å². The minimum Gasteiger partial charge on any atom is -0.466 e. The van der Waals surface area contributed by atoms with Gasteiger partial charge in [0, 0.05) is 6.42 Å².